The molecule has 1 saturated heterocycles. The SMILES string of the molecule is CC(=O)[C@@H]1C[C@]2(O)[C@@]3(C)CO[C@]2(C)C[C@]1(O)C3. The minimum Gasteiger partial charge on any atom is -0.389 e. The number of hydrogen-bond donors (Lipinski definition) is 2. The lowest BCUT2D eigenvalue weighted by molar-refractivity contribution is -0.266. The van der Waals surface area contributed by atoms with Crippen LogP contribution in [0.5, 0.6) is 0 Å². The van der Waals surface area contributed by atoms with Crippen LogP contribution in [-0.2, 0) is 9.53 Å². The molecule has 1 aliphatic heterocycles. The number of ether oxygens (including phenoxy) is 1. The van der Waals surface area contributed by atoms with E-state index in [-0.39, 0.29) is 5.78 Å². The van der Waals surface area contributed by atoms with Gasteiger partial charge in [0.15, 0.2) is 0 Å². The number of aliphatic hydroxyl groups is 2. The van der Waals surface area contributed by atoms with Gasteiger partial charge in [-0.1, -0.05) is 6.92 Å². The fourth-order valence-corrected chi connectivity index (χ4v) is 4.63. The van der Waals surface area contributed by atoms with Gasteiger partial charge in [-0.3, -0.25) is 4.79 Å². The van der Waals surface area contributed by atoms with Crippen LogP contribution in [0.4, 0.5) is 0 Å². The first-order chi connectivity index (χ1) is 7.66. The lowest BCUT2D eigenvalue weighted by Crippen LogP contribution is -2.73. The largest absolute Gasteiger partial charge is 0.389 e. The highest BCUT2D eigenvalue weighted by molar-refractivity contribution is 5.80. The molecule has 4 nitrogen and oxygen atoms in total. The maximum Gasteiger partial charge on any atom is 0.135 e. The summed E-state index contributed by atoms with van der Waals surface area (Å²) in [5.74, 6) is -0.479. The summed E-state index contributed by atoms with van der Waals surface area (Å²) in [4.78, 5) is 11.7. The van der Waals surface area contributed by atoms with Crippen molar-refractivity contribution in [2.24, 2.45) is 11.3 Å². The summed E-state index contributed by atoms with van der Waals surface area (Å²) >= 11 is 0. The number of rotatable bonds is 1. The van der Waals surface area contributed by atoms with E-state index in [0.717, 1.165) is 0 Å². The Hall–Kier alpha value is -0.450. The summed E-state index contributed by atoms with van der Waals surface area (Å²) in [5.41, 5.74) is -3.13. The molecular formula is C13H20O4. The predicted molar refractivity (Wildman–Crippen MR) is 60.4 cm³/mol. The van der Waals surface area contributed by atoms with Crippen molar-refractivity contribution in [2.75, 3.05) is 6.61 Å². The number of hydrogen-bond acceptors (Lipinski definition) is 4. The molecule has 0 aromatic heterocycles. The van der Waals surface area contributed by atoms with Crippen molar-refractivity contribution in [3.05, 3.63) is 0 Å². The Morgan fingerprint density at radius 3 is 2.47 bits per heavy atom. The number of fused-ring (bicyclic) bond motifs is 1. The Labute approximate surface area is 101 Å². The van der Waals surface area contributed by atoms with Crippen LogP contribution in [0.2, 0.25) is 0 Å². The molecule has 17 heavy (non-hydrogen) atoms. The van der Waals surface area contributed by atoms with Crippen molar-refractivity contribution in [1.82, 2.24) is 0 Å². The minimum absolute atomic E-state index is 0.0306. The van der Waals surface area contributed by atoms with E-state index in [9.17, 15) is 15.0 Å². The van der Waals surface area contributed by atoms with Gasteiger partial charge in [0.2, 0.25) is 0 Å². The van der Waals surface area contributed by atoms with Gasteiger partial charge in [-0.25, -0.2) is 0 Å². The molecule has 96 valence electrons. The molecule has 0 aromatic rings. The lowest BCUT2D eigenvalue weighted by Gasteiger charge is -2.62. The molecule has 5 atom stereocenters. The zero-order chi connectivity index (χ0) is 12.7. The van der Waals surface area contributed by atoms with Gasteiger partial charge in [-0.05, 0) is 26.7 Å². The Morgan fingerprint density at radius 2 is 1.94 bits per heavy atom. The summed E-state index contributed by atoms with van der Waals surface area (Å²) in [6.45, 7) is 5.78. The second-order valence-corrected chi connectivity index (χ2v) is 6.76. The van der Waals surface area contributed by atoms with Crippen molar-refractivity contribution in [2.45, 2.75) is 56.8 Å². The molecule has 4 rings (SSSR count). The highest BCUT2D eigenvalue weighted by atomic mass is 16.5. The molecule has 0 spiro atoms. The molecule has 2 N–H and O–H groups in total. The van der Waals surface area contributed by atoms with E-state index in [0.29, 0.717) is 25.9 Å². The highest BCUT2D eigenvalue weighted by Crippen LogP contribution is 2.67. The smallest absolute Gasteiger partial charge is 0.135 e. The van der Waals surface area contributed by atoms with Crippen LogP contribution in [0, 0.1) is 11.3 Å². The Morgan fingerprint density at radius 1 is 1.29 bits per heavy atom. The molecule has 1 heterocycles. The first-order valence-electron chi connectivity index (χ1n) is 6.25. The van der Waals surface area contributed by atoms with E-state index in [1.807, 2.05) is 13.8 Å². The third-order valence-electron chi connectivity index (χ3n) is 5.56. The third-order valence-corrected chi connectivity index (χ3v) is 5.56. The molecule has 4 bridgehead atoms. The minimum atomic E-state index is -1.00. The van der Waals surface area contributed by atoms with Crippen LogP contribution in [0.1, 0.15) is 40.0 Å². The van der Waals surface area contributed by atoms with Gasteiger partial charge in [0, 0.05) is 17.8 Å². The molecule has 3 aliphatic carbocycles. The fourth-order valence-electron chi connectivity index (χ4n) is 4.63. The van der Waals surface area contributed by atoms with Gasteiger partial charge in [-0.15, -0.1) is 0 Å². The predicted octanol–water partition coefficient (Wildman–Crippen LogP) is 0.646. The van der Waals surface area contributed by atoms with Crippen LogP contribution in [0.3, 0.4) is 0 Å². The maximum atomic E-state index is 11.7. The van der Waals surface area contributed by atoms with E-state index in [4.69, 9.17) is 4.74 Å². The van der Waals surface area contributed by atoms with E-state index in [2.05, 4.69) is 0 Å². The topological polar surface area (TPSA) is 66.8 Å². The number of ketones is 1. The van der Waals surface area contributed by atoms with Crippen LogP contribution < -0.4 is 0 Å². The molecule has 4 heteroatoms. The third kappa shape index (κ3) is 1.07. The van der Waals surface area contributed by atoms with Gasteiger partial charge in [-0.2, -0.15) is 0 Å². The first-order valence-corrected chi connectivity index (χ1v) is 6.25. The molecule has 3 saturated carbocycles. The molecule has 0 amide bonds. The van der Waals surface area contributed by atoms with Crippen molar-refractivity contribution >= 4 is 5.78 Å². The van der Waals surface area contributed by atoms with Gasteiger partial charge in [0.25, 0.3) is 0 Å². The Bertz CT molecular complexity index is 384. The van der Waals surface area contributed by atoms with Crippen molar-refractivity contribution < 1.29 is 19.7 Å². The molecule has 4 aliphatic rings. The van der Waals surface area contributed by atoms with E-state index < -0.39 is 28.1 Å². The van der Waals surface area contributed by atoms with E-state index >= 15 is 0 Å². The zero-order valence-electron chi connectivity index (χ0n) is 10.6. The molecule has 4 fully saturated rings. The monoisotopic (exact) mass is 240 g/mol. The van der Waals surface area contributed by atoms with Crippen LogP contribution in [-0.4, -0.2) is 39.4 Å². The maximum absolute atomic E-state index is 11.7. The van der Waals surface area contributed by atoms with Crippen LogP contribution >= 0.6 is 0 Å². The van der Waals surface area contributed by atoms with Gasteiger partial charge in [0.05, 0.1) is 17.8 Å². The van der Waals surface area contributed by atoms with E-state index in [1.54, 1.807) is 0 Å². The van der Waals surface area contributed by atoms with E-state index in [1.165, 1.54) is 6.92 Å². The molecule has 0 aromatic carbocycles. The van der Waals surface area contributed by atoms with Crippen LogP contribution in [0.15, 0.2) is 0 Å². The quantitative estimate of drug-likeness (QED) is 0.706. The number of Topliss-reactive ketones (excluding diaryl/α,β-unsaturated/α-hetero) is 1. The highest BCUT2D eigenvalue weighted by Gasteiger charge is 2.77. The summed E-state index contributed by atoms with van der Waals surface area (Å²) in [6.07, 6.45) is 1.14. The summed E-state index contributed by atoms with van der Waals surface area (Å²) in [7, 11) is 0. The Balaban J connectivity index is 2.13. The Kier molecular flexibility index (Phi) is 1.89. The van der Waals surface area contributed by atoms with Gasteiger partial charge in [0.1, 0.15) is 11.4 Å². The molecular weight excluding hydrogens is 220 g/mol. The second-order valence-electron chi connectivity index (χ2n) is 6.76. The van der Waals surface area contributed by atoms with Gasteiger partial charge >= 0.3 is 0 Å². The molecule has 0 radical (unpaired) electrons. The first kappa shape index (κ1) is 11.6. The van der Waals surface area contributed by atoms with Gasteiger partial charge < -0.3 is 14.9 Å². The standard InChI is InChI=1S/C13H20O4/c1-8(14)9-4-13(16)10(2)5-12(9,15)6-11(13,3)17-7-10/h9,15-16H,4-7H2,1-3H3/t9-,10+,11+,12+,13-/m0/s1. The van der Waals surface area contributed by atoms with Crippen molar-refractivity contribution in [3.8, 4) is 0 Å². The normalized spacial score (nSPS) is 60.6. The van der Waals surface area contributed by atoms with Crippen molar-refractivity contribution in [1.29, 1.82) is 0 Å². The average Bonchev–Trinajstić information content (AvgIpc) is 2.30. The van der Waals surface area contributed by atoms with Crippen LogP contribution in [0.25, 0.3) is 0 Å². The number of carbonyl (C=O) groups excluding carboxylic acids is 1. The van der Waals surface area contributed by atoms with Crippen molar-refractivity contribution in [3.63, 3.8) is 0 Å². The number of carbonyl (C=O) groups is 1. The molecule has 0 unspecified atom stereocenters. The summed E-state index contributed by atoms with van der Waals surface area (Å²) < 4.78 is 5.78. The zero-order valence-corrected chi connectivity index (χ0v) is 10.6. The lowest BCUT2D eigenvalue weighted by atomic mass is 9.45. The summed E-state index contributed by atoms with van der Waals surface area (Å²) in [6, 6.07) is 0. The second kappa shape index (κ2) is 2.76. The fraction of sp³-hybridized carbons (Fsp3) is 0.923. The average molecular weight is 240 g/mol. The summed E-state index contributed by atoms with van der Waals surface area (Å²) in [5, 5.41) is 21.7.